The number of benzene rings is 1. The molecule has 0 atom stereocenters. The molecule has 0 spiro atoms. The van der Waals surface area contributed by atoms with E-state index in [0.717, 1.165) is 26.1 Å². The molecule has 2 heteroatoms. The van der Waals surface area contributed by atoms with E-state index in [9.17, 15) is 0 Å². The third-order valence-corrected chi connectivity index (χ3v) is 2.85. The Morgan fingerprint density at radius 3 is 2.44 bits per heavy atom. The zero-order chi connectivity index (χ0) is 13.2. The van der Waals surface area contributed by atoms with E-state index in [2.05, 4.69) is 47.3 Å². The van der Waals surface area contributed by atoms with E-state index in [1.165, 1.54) is 17.5 Å². The fourth-order valence-electron chi connectivity index (χ4n) is 1.87. The van der Waals surface area contributed by atoms with E-state index in [1.54, 1.807) is 0 Å². The minimum Gasteiger partial charge on any atom is -0.316 e. The molecule has 1 rings (SSSR count). The molecule has 0 saturated heterocycles. The first kappa shape index (κ1) is 14.8. The molecule has 0 fully saturated rings. The van der Waals surface area contributed by atoms with E-state index in [-0.39, 0.29) is 0 Å². The summed E-state index contributed by atoms with van der Waals surface area (Å²) < 4.78 is 0. The number of terminal acetylenes is 1. The van der Waals surface area contributed by atoms with Crippen LogP contribution in [0.4, 0.5) is 0 Å². The highest BCUT2D eigenvalue weighted by Gasteiger charge is 1.99. The van der Waals surface area contributed by atoms with Crippen LogP contribution < -0.4 is 5.32 Å². The van der Waals surface area contributed by atoms with Crippen molar-refractivity contribution in [3.05, 3.63) is 35.4 Å². The number of hydrogen-bond donors (Lipinski definition) is 1. The molecule has 2 nitrogen and oxygen atoms in total. The maximum Gasteiger partial charge on any atom is 0.0599 e. The maximum atomic E-state index is 5.29. The fraction of sp³-hybridized carbons (Fsp3) is 0.500. The van der Waals surface area contributed by atoms with Gasteiger partial charge < -0.3 is 5.32 Å². The Hall–Kier alpha value is -1.30. The summed E-state index contributed by atoms with van der Waals surface area (Å²) in [4.78, 5) is 2.14. The first-order chi connectivity index (χ1) is 8.76. The zero-order valence-electron chi connectivity index (χ0n) is 11.6. The lowest BCUT2D eigenvalue weighted by atomic mass is 10.1. The molecule has 0 aliphatic heterocycles. The highest BCUT2D eigenvalue weighted by molar-refractivity contribution is 5.22. The first-order valence-corrected chi connectivity index (χ1v) is 6.66. The second-order valence-corrected chi connectivity index (χ2v) is 4.69. The molecule has 1 N–H and O–H groups in total. The molecule has 98 valence electrons. The Morgan fingerprint density at radius 1 is 1.17 bits per heavy atom. The van der Waals surface area contributed by atoms with Crippen molar-refractivity contribution in [1.29, 1.82) is 0 Å². The van der Waals surface area contributed by atoms with Gasteiger partial charge in [-0.25, -0.2) is 0 Å². The molecule has 1 aromatic carbocycles. The number of nitrogens with zero attached hydrogens (tertiary/aromatic N) is 1. The quantitative estimate of drug-likeness (QED) is 0.557. The van der Waals surface area contributed by atoms with Crippen LogP contribution in [0.15, 0.2) is 24.3 Å². The Bertz CT molecular complexity index is 362. The largest absolute Gasteiger partial charge is 0.316 e. The summed E-state index contributed by atoms with van der Waals surface area (Å²) in [6, 6.07) is 8.82. The van der Waals surface area contributed by atoms with Crippen molar-refractivity contribution in [2.75, 3.05) is 26.7 Å². The molecule has 0 saturated carbocycles. The standard InChI is InChI=1S/C16H24N2/c1-4-11-17-12-10-15-6-8-16(9-7-15)14-18(3)13-5-2/h2,6-9,17H,4,10-14H2,1,3H3. The Balaban J connectivity index is 2.35. The summed E-state index contributed by atoms with van der Waals surface area (Å²) in [5.41, 5.74) is 2.71. The molecular weight excluding hydrogens is 220 g/mol. The molecule has 0 heterocycles. The average molecular weight is 244 g/mol. The van der Waals surface area contributed by atoms with Gasteiger partial charge in [-0.15, -0.1) is 6.42 Å². The van der Waals surface area contributed by atoms with Gasteiger partial charge in [0.1, 0.15) is 0 Å². The topological polar surface area (TPSA) is 15.3 Å². The summed E-state index contributed by atoms with van der Waals surface area (Å²) in [5.74, 6) is 2.66. The average Bonchev–Trinajstić information content (AvgIpc) is 2.37. The summed E-state index contributed by atoms with van der Waals surface area (Å²) in [6.45, 7) is 5.97. The van der Waals surface area contributed by atoms with Crippen LogP contribution in [0.3, 0.4) is 0 Å². The maximum absolute atomic E-state index is 5.29. The van der Waals surface area contributed by atoms with Crippen molar-refractivity contribution < 1.29 is 0 Å². The van der Waals surface area contributed by atoms with E-state index in [0.29, 0.717) is 6.54 Å². The van der Waals surface area contributed by atoms with Gasteiger partial charge in [0.05, 0.1) is 6.54 Å². The van der Waals surface area contributed by atoms with Gasteiger partial charge in [-0.1, -0.05) is 37.1 Å². The van der Waals surface area contributed by atoms with E-state index < -0.39 is 0 Å². The smallest absolute Gasteiger partial charge is 0.0599 e. The molecule has 0 unspecified atom stereocenters. The highest BCUT2D eigenvalue weighted by Crippen LogP contribution is 2.07. The van der Waals surface area contributed by atoms with Gasteiger partial charge in [-0.05, 0) is 44.1 Å². The molecule has 1 aromatic rings. The monoisotopic (exact) mass is 244 g/mol. The van der Waals surface area contributed by atoms with Crippen molar-refractivity contribution in [2.45, 2.75) is 26.3 Å². The van der Waals surface area contributed by atoms with Crippen LogP contribution >= 0.6 is 0 Å². The number of rotatable bonds is 8. The minimum atomic E-state index is 0.697. The zero-order valence-corrected chi connectivity index (χ0v) is 11.6. The Morgan fingerprint density at radius 2 is 1.83 bits per heavy atom. The molecule has 0 aliphatic carbocycles. The predicted octanol–water partition coefficient (Wildman–Crippen LogP) is 2.29. The fourth-order valence-corrected chi connectivity index (χ4v) is 1.87. The second kappa shape index (κ2) is 8.74. The van der Waals surface area contributed by atoms with Crippen LogP contribution in [0, 0.1) is 12.3 Å². The van der Waals surface area contributed by atoms with Crippen molar-refractivity contribution in [2.24, 2.45) is 0 Å². The molecule has 0 amide bonds. The van der Waals surface area contributed by atoms with Crippen molar-refractivity contribution in [3.8, 4) is 12.3 Å². The first-order valence-electron chi connectivity index (χ1n) is 6.66. The van der Waals surface area contributed by atoms with Gasteiger partial charge in [0.25, 0.3) is 0 Å². The summed E-state index contributed by atoms with van der Waals surface area (Å²) in [7, 11) is 2.04. The predicted molar refractivity (Wildman–Crippen MR) is 78.5 cm³/mol. The van der Waals surface area contributed by atoms with Gasteiger partial charge in [0, 0.05) is 6.54 Å². The summed E-state index contributed by atoms with van der Waals surface area (Å²) >= 11 is 0. The summed E-state index contributed by atoms with van der Waals surface area (Å²) in [6.07, 6.45) is 7.58. The molecule has 18 heavy (non-hydrogen) atoms. The number of nitrogens with one attached hydrogen (secondary N) is 1. The molecule has 0 bridgehead atoms. The lowest BCUT2D eigenvalue weighted by Gasteiger charge is -2.13. The van der Waals surface area contributed by atoms with Gasteiger partial charge in [0.15, 0.2) is 0 Å². The van der Waals surface area contributed by atoms with Crippen LogP contribution in [0.5, 0.6) is 0 Å². The molecular formula is C16H24N2. The van der Waals surface area contributed by atoms with Crippen molar-refractivity contribution in [3.63, 3.8) is 0 Å². The van der Waals surface area contributed by atoms with E-state index in [1.807, 2.05) is 7.05 Å². The Kier molecular flexibility index (Phi) is 7.17. The van der Waals surface area contributed by atoms with Gasteiger partial charge in [-0.3, -0.25) is 4.90 Å². The number of hydrogen-bond acceptors (Lipinski definition) is 2. The SMILES string of the molecule is C#CCN(C)Cc1ccc(CCNCCC)cc1. The van der Waals surface area contributed by atoms with Gasteiger partial charge in [0.2, 0.25) is 0 Å². The van der Waals surface area contributed by atoms with E-state index >= 15 is 0 Å². The van der Waals surface area contributed by atoms with Crippen LogP contribution in [0.25, 0.3) is 0 Å². The van der Waals surface area contributed by atoms with Crippen LogP contribution in [-0.4, -0.2) is 31.6 Å². The van der Waals surface area contributed by atoms with Crippen LogP contribution in [0.1, 0.15) is 24.5 Å². The lowest BCUT2D eigenvalue weighted by Crippen LogP contribution is -2.18. The van der Waals surface area contributed by atoms with Crippen molar-refractivity contribution >= 4 is 0 Å². The van der Waals surface area contributed by atoms with E-state index in [4.69, 9.17) is 6.42 Å². The van der Waals surface area contributed by atoms with Crippen LogP contribution in [-0.2, 0) is 13.0 Å². The highest BCUT2D eigenvalue weighted by atomic mass is 15.1. The minimum absolute atomic E-state index is 0.697. The Labute approximate surface area is 111 Å². The normalized spacial score (nSPS) is 10.6. The lowest BCUT2D eigenvalue weighted by molar-refractivity contribution is 0.369. The second-order valence-electron chi connectivity index (χ2n) is 4.69. The van der Waals surface area contributed by atoms with Gasteiger partial charge >= 0.3 is 0 Å². The molecule has 0 radical (unpaired) electrons. The molecule has 0 aliphatic rings. The van der Waals surface area contributed by atoms with Crippen LogP contribution in [0.2, 0.25) is 0 Å². The third kappa shape index (κ3) is 5.86. The van der Waals surface area contributed by atoms with Crippen molar-refractivity contribution in [1.82, 2.24) is 10.2 Å². The van der Waals surface area contributed by atoms with Gasteiger partial charge in [-0.2, -0.15) is 0 Å². The molecule has 0 aromatic heterocycles. The summed E-state index contributed by atoms with van der Waals surface area (Å²) in [5, 5.41) is 3.42. The third-order valence-electron chi connectivity index (χ3n) is 2.85.